The number of rotatable bonds is 5. The lowest BCUT2D eigenvalue weighted by Crippen LogP contribution is -2.40. The first-order chi connectivity index (χ1) is 9.97. The Morgan fingerprint density at radius 1 is 1.24 bits per heavy atom. The van der Waals surface area contributed by atoms with Crippen molar-refractivity contribution >= 4 is 27.7 Å². The lowest BCUT2D eigenvalue weighted by Gasteiger charge is -2.24. The zero-order valence-electron chi connectivity index (χ0n) is 12.5. The van der Waals surface area contributed by atoms with Crippen molar-refractivity contribution in [2.75, 3.05) is 27.2 Å². The number of hydrogen-bond acceptors (Lipinski definition) is 3. The fourth-order valence-corrected chi connectivity index (χ4v) is 3.00. The average molecular weight is 357 g/mol. The molecule has 0 atom stereocenters. The van der Waals surface area contributed by atoms with E-state index in [2.05, 4.69) is 15.9 Å². The Morgan fingerprint density at radius 3 is 2.48 bits per heavy atom. The van der Waals surface area contributed by atoms with Crippen LogP contribution in [0.25, 0.3) is 0 Å². The quantitative estimate of drug-likeness (QED) is 0.814. The molecule has 116 valence electrons. The van der Waals surface area contributed by atoms with E-state index in [1.807, 2.05) is 7.05 Å². The zero-order chi connectivity index (χ0) is 15.4. The van der Waals surface area contributed by atoms with E-state index in [4.69, 9.17) is 4.42 Å². The monoisotopic (exact) mass is 356 g/mol. The molecule has 0 spiro atoms. The summed E-state index contributed by atoms with van der Waals surface area (Å²) in [6, 6.07) is 3.25. The number of furan rings is 1. The number of hydrogen-bond donors (Lipinski definition) is 0. The molecular formula is C15H21BrN2O3. The van der Waals surface area contributed by atoms with E-state index in [1.165, 1.54) is 30.6 Å². The summed E-state index contributed by atoms with van der Waals surface area (Å²) < 4.78 is 5.72. The standard InChI is InChI=1S/C15H21BrN2O3/c1-17(9-11-5-3-4-6-11)14(19)10-18(2)15(20)12-7-8-13(16)21-12/h7-8,11H,3-6,9-10H2,1-2H3. The van der Waals surface area contributed by atoms with Crippen LogP contribution in [-0.4, -0.2) is 48.8 Å². The summed E-state index contributed by atoms with van der Waals surface area (Å²) in [5.74, 6) is 0.517. The van der Waals surface area contributed by atoms with Crippen molar-refractivity contribution in [3.63, 3.8) is 0 Å². The van der Waals surface area contributed by atoms with Gasteiger partial charge < -0.3 is 14.2 Å². The van der Waals surface area contributed by atoms with Crippen LogP contribution in [0.15, 0.2) is 21.2 Å². The van der Waals surface area contributed by atoms with Gasteiger partial charge in [-0.05, 0) is 46.8 Å². The van der Waals surface area contributed by atoms with Crippen molar-refractivity contribution in [2.24, 2.45) is 5.92 Å². The zero-order valence-corrected chi connectivity index (χ0v) is 14.1. The van der Waals surface area contributed by atoms with Crippen LogP contribution in [0.4, 0.5) is 0 Å². The van der Waals surface area contributed by atoms with Gasteiger partial charge >= 0.3 is 0 Å². The van der Waals surface area contributed by atoms with Crippen LogP contribution in [0.5, 0.6) is 0 Å². The van der Waals surface area contributed by atoms with E-state index >= 15 is 0 Å². The number of likely N-dealkylation sites (N-methyl/N-ethyl adjacent to an activating group) is 2. The number of halogens is 1. The van der Waals surface area contributed by atoms with Crippen molar-refractivity contribution < 1.29 is 14.0 Å². The van der Waals surface area contributed by atoms with Gasteiger partial charge in [0.05, 0.1) is 6.54 Å². The topological polar surface area (TPSA) is 53.8 Å². The molecular weight excluding hydrogens is 336 g/mol. The molecule has 1 saturated carbocycles. The molecule has 6 heteroatoms. The van der Waals surface area contributed by atoms with Crippen molar-refractivity contribution in [1.82, 2.24) is 9.80 Å². The van der Waals surface area contributed by atoms with Gasteiger partial charge in [-0.15, -0.1) is 0 Å². The second-order valence-corrected chi connectivity index (χ2v) is 6.47. The molecule has 1 aromatic rings. The summed E-state index contributed by atoms with van der Waals surface area (Å²) >= 11 is 3.16. The third-order valence-electron chi connectivity index (χ3n) is 3.94. The Labute approximate surface area is 133 Å². The van der Waals surface area contributed by atoms with Crippen LogP contribution in [-0.2, 0) is 4.79 Å². The van der Waals surface area contributed by atoms with Gasteiger partial charge in [-0.1, -0.05) is 12.8 Å². The van der Waals surface area contributed by atoms with E-state index in [1.54, 1.807) is 24.1 Å². The van der Waals surface area contributed by atoms with Gasteiger partial charge in [0.1, 0.15) is 0 Å². The van der Waals surface area contributed by atoms with Gasteiger partial charge in [-0.2, -0.15) is 0 Å². The first-order valence-electron chi connectivity index (χ1n) is 7.22. The van der Waals surface area contributed by atoms with Gasteiger partial charge in [-0.25, -0.2) is 0 Å². The van der Waals surface area contributed by atoms with Crippen molar-refractivity contribution in [3.05, 3.63) is 22.6 Å². The van der Waals surface area contributed by atoms with E-state index < -0.39 is 0 Å². The fraction of sp³-hybridized carbons (Fsp3) is 0.600. The number of carbonyl (C=O) groups excluding carboxylic acids is 2. The molecule has 0 aromatic carbocycles. The molecule has 1 aliphatic carbocycles. The molecule has 0 radical (unpaired) electrons. The Balaban J connectivity index is 1.84. The highest BCUT2D eigenvalue weighted by atomic mass is 79.9. The summed E-state index contributed by atoms with van der Waals surface area (Å²) in [6.45, 7) is 0.855. The normalized spacial score (nSPS) is 15.2. The molecule has 2 amide bonds. The maximum atomic E-state index is 12.2. The molecule has 21 heavy (non-hydrogen) atoms. The van der Waals surface area contributed by atoms with Crippen LogP contribution < -0.4 is 0 Å². The summed E-state index contributed by atoms with van der Waals surface area (Å²) in [5, 5.41) is 0. The molecule has 2 rings (SSSR count). The minimum absolute atomic E-state index is 0.0385. The Bertz CT molecular complexity index is 509. The van der Waals surface area contributed by atoms with E-state index in [9.17, 15) is 9.59 Å². The molecule has 0 saturated heterocycles. The summed E-state index contributed by atoms with van der Waals surface area (Å²) in [6.07, 6.45) is 4.93. The molecule has 0 aliphatic heterocycles. The van der Waals surface area contributed by atoms with Crippen LogP contribution >= 0.6 is 15.9 Å². The van der Waals surface area contributed by atoms with E-state index in [0.29, 0.717) is 10.6 Å². The predicted molar refractivity (Wildman–Crippen MR) is 83.0 cm³/mol. The molecule has 0 unspecified atom stereocenters. The smallest absolute Gasteiger partial charge is 0.289 e. The van der Waals surface area contributed by atoms with Crippen molar-refractivity contribution in [1.29, 1.82) is 0 Å². The molecule has 5 nitrogen and oxygen atoms in total. The molecule has 1 aromatic heterocycles. The number of nitrogens with zero attached hydrogens (tertiary/aromatic N) is 2. The average Bonchev–Trinajstić information content (AvgIpc) is 3.09. The Kier molecular flexibility index (Phi) is 5.45. The SMILES string of the molecule is CN(CC1CCCC1)C(=O)CN(C)C(=O)c1ccc(Br)o1. The van der Waals surface area contributed by atoms with E-state index in [-0.39, 0.29) is 24.1 Å². The molecule has 1 heterocycles. The van der Waals surface area contributed by atoms with Crippen LogP contribution in [0.1, 0.15) is 36.2 Å². The maximum Gasteiger partial charge on any atom is 0.289 e. The first kappa shape index (κ1) is 16.1. The van der Waals surface area contributed by atoms with Crippen molar-refractivity contribution in [3.8, 4) is 0 Å². The maximum absolute atomic E-state index is 12.2. The lowest BCUT2D eigenvalue weighted by atomic mass is 10.1. The highest BCUT2D eigenvalue weighted by Gasteiger charge is 2.22. The molecule has 0 bridgehead atoms. The minimum Gasteiger partial charge on any atom is -0.444 e. The van der Waals surface area contributed by atoms with Crippen molar-refractivity contribution in [2.45, 2.75) is 25.7 Å². The van der Waals surface area contributed by atoms with Gasteiger partial charge in [0, 0.05) is 20.6 Å². The highest BCUT2D eigenvalue weighted by Crippen LogP contribution is 2.25. The second kappa shape index (κ2) is 7.11. The summed E-state index contributed by atoms with van der Waals surface area (Å²) in [4.78, 5) is 27.4. The van der Waals surface area contributed by atoms with E-state index in [0.717, 1.165) is 6.54 Å². The molecule has 1 aliphatic rings. The molecule has 1 fully saturated rings. The second-order valence-electron chi connectivity index (χ2n) is 5.69. The number of carbonyl (C=O) groups is 2. The summed E-state index contributed by atoms with van der Waals surface area (Å²) in [5.41, 5.74) is 0. The van der Waals surface area contributed by atoms with Crippen LogP contribution in [0, 0.1) is 5.92 Å². The minimum atomic E-state index is -0.289. The Hall–Kier alpha value is -1.30. The van der Waals surface area contributed by atoms with Crippen LogP contribution in [0.3, 0.4) is 0 Å². The lowest BCUT2D eigenvalue weighted by molar-refractivity contribution is -0.130. The third kappa shape index (κ3) is 4.33. The van der Waals surface area contributed by atoms with Gasteiger partial charge in [0.15, 0.2) is 10.4 Å². The van der Waals surface area contributed by atoms with Crippen LogP contribution in [0.2, 0.25) is 0 Å². The first-order valence-corrected chi connectivity index (χ1v) is 8.01. The largest absolute Gasteiger partial charge is 0.444 e. The molecule has 0 N–H and O–H groups in total. The predicted octanol–water partition coefficient (Wildman–Crippen LogP) is 2.76. The Morgan fingerprint density at radius 2 is 1.90 bits per heavy atom. The van der Waals surface area contributed by atoms with Gasteiger partial charge in [-0.3, -0.25) is 9.59 Å². The van der Waals surface area contributed by atoms with Gasteiger partial charge in [0.25, 0.3) is 5.91 Å². The van der Waals surface area contributed by atoms with Gasteiger partial charge in [0.2, 0.25) is 5.91 Å². The summed E-state index contributed by atoms with van der Waals surface area (Å²) in [7, 11) is 3.42. The third-order valence-corrected chi connectivity index (χ3v) is 4.36. The fourth-order valence-electron chi connectivity index (χ4n) is 2.69. The highest BCUT2D eigenvalue weighted by molar-refractivity contribution is 9.10. The number of amides is 2.